The van der Waals surface area contributed by atoms with Gasteiger partial charge >= 0.3 is 12.1 Å². The number of aromatic nitrogens is 1. The normalized spacial score (nSPS) is 11.0. The lowest BCUT2D eigenvalue weighted by atomic mass is 10.2. The van der Waals surface area contributed by atoms with Crippen LogP contribution in [0, 0.1) is 0 Å². The first kappa shape index (κ1) is 17.9. The standard InChI is InChI=1S/C17H20N2O4S/c1-17(2,3)23-16(21)19-15-18-13(11-24-15)9-14(20)22-10-12-7-5-4-6-8-12/h4-8,11H,9-10H2,1-3H3,(H,18,19,21). The number of hydrogen-bond donors (Lipinski definition) is 1. The first-order valence-electron chi connectivity index (χ1n) is 7.46. The Morgan fingerprint density at radius 1 is 1.21 bits per heavy atom. The fraction of sp³-hybridized carbons (Fsp3) is 0.353. The highest BCUT2D eigenvalue weighted by Crippen LogP contribution is 2.18. The third kappa shape index (κ3) is 6.37. The molecule has 2 rings (SSSR count). The molecule has 0 aliphatic carbocycles. The minimum Gasteiger partial charge on any atom is -0.461 e. The quantitative estimate of drug-likeness (QED) is 0.832. The first-order chi connectivity index (χ1) is 11.3. The molecular weight excluding hydrogens is 328 g/mol. The molecule has 24 heavy (non-hydrogen) atoms. The Kier molecular flexibility index (Phi) is 5.92. The van der Waals surface area contributed by atoms with Crippen LogP contribution in [-0.2, 0) is 27.3 Å². The summed E-state index contributed by atoms with van der Waals surface area (Å²) < 4.78 is 10.3. The minimum absolute atomic E-state index is 0.0549. The van der Waals surface area contributed by atoms with Crippen molar-refractivity contribution in [3.63, 3.8) is 0 Å². The third-order valence-electron chi connectivity index (χ3n) is 2.73. The summed E-state index contributed by atoms with van der Waals surface area (Å²) in [5, 5.41) is 4.63. The predicted octanol–water partition coefficient (Wildman–Crippen LogP) is 3.78. The highest BCUT2D eigenvalue weighted by Gasteiger charge is 2.17. The summed E-state index contributed by atoms with van der Waals surface area (Å²) in [7, 11) is 0. The lowest BCUT2D eigenvalue weighted by Gasteiger charge is -2.18. The average molecular weight is 348 g/mol. The van der Waals surface area contributed by atoms with Gasteiger partial charge in [0.25, 0.3) is 0 Å². The number of hydrogen-bond acceptors (Lipinski definition) is 6. The Balaban J connectivity index is 1.80. The van der Waals surface area contributed by atoms with E-state index >= 15 is 0 Å². The zero-order valence-electron chi connectivity index (χ0n) is 13.9. The number of nitrogens with one attached hydrogen (secondary N) is 1. The molecule has 0 aliphatic heterocycles. The van der Waals surface area contributed by atoms with Crippen molar-refractivity contribution in [2.24, 2.45) is 0 Å². The van der Waals surface area contributed by atoms with E-state index in [1.54, 1.807) is 26.2 Å². The van der Waals surface area contributed by atoms with Gasteiger partial charge in [0.1, 0.15) is 12.2 Å². The van der Waals surface area contributed by atoms with Gasteiger partial charge in [-0.1, -0.05) is 30.3 Å². The van der Waals surface area contributed by atoms with Crippen LogP contribution >= 0.6 is 11.3 Å². The van der Waals surface area contributed by atoms with Crippen LogP contribution in [-0.4, -0.2) is 22.6 Å². The van der Waals surface area contributed by atoms with Gasteiger partial charge in [-0.05, 0) is 26.3 Å². The van der Waals surface area contributed by atoms with E-state index < -0.39 is 11.7 Å². The molecule has 6 nitrogen and oxygen atoms in total. The smallest absolute Gasteiger partial charge is 0.413 e. The number of ether oxygens (including phenoxy) is 2. The Morgan fingerprint density at radius 3 is 2.58 bits per heavy atom. The number of benzene rings is 1. The van der Waals surface area contributed by atoms with Gasteiger partial charge in [-0.2, -0.15) is 0 Å². The zero-order chi connectivity index (χ0) is 17.6. The average Bonchev–Trinajstić information content (AvgIpc) is 2.91. The van der Waals surface area contributed by atoms with E-state index in [1.807, 2.05) is 30.3 Å². The van der Waals surface area contributed by atoms with Gasteiger partial charge in [0.15, 0.2) is 5.13 Å². The highest BCUT2D eigenvalue weighted by molar-refractivity contribution is 7.13. The number of rotatable bonds is 5. The van der Waals surface area contributed by atoms with Gasteiger partial charge in [0, 0.05) is 5.38 Å². The molecule has 1 heterocycles. The van der Waals surface area contributed by atoms with Crippen molar-refractivity contribution in [1.29, 1.82) is 0 Å². The van der Waals surface area contributed by atoms with Crippen molar-refractivity contribution in [3.8, 4) is 0 Å². The summed E-state index contributed by atoms with van der Waals surface area (Å²) in [5.41, 5.74) is 0.895. The Morgan fingerprint density at radius 2 is 1.92 bits per heavy atom. The van der Waals surface area contributed by atoms with Gasteiger partial charge in [-0.25, -0.2) is 9.78 Å². The zero-order valence-corrected chi connectivity index (χ0v) is 14.7. The summed E-state index contributed by atoms with van der Waals surface area (Å²) >= 11 is 1.23. The molecule has 0 atom stereocenters. The summed E-state index contributed by atoms with van der Waals surface area (Å²) in [6.07, 6.45) is -0.519. The molecule has 0 aliphatic rings. The van der Waals surface area contributed by atoms with Crippen molar-refractivity contribution in [2.45, 2.75) is 39.4 Å². The van der Waals surface area contributed by atoms with Crippen molar-refractivity contribution in [2.75, 3.05) is 5.32 Å². The van der Waals surface area contributed by atoms with Crippen LogP contribution in [0.4, 0.5) is 9.93 Å². The number of amides is 1. The maximum atomic E-state index is 11.8. The number of thiazole rings is 1. The molecule has 0 saturated carbocycles. The first-order valence-corrected chi connectivity index (χ1v) is 8.34. The molecule has 2 aromatic rings. The summed E-state index contributed by atoms with van der Waals surface area (Å²) in [6.45, 7) is 5.57. The number of carbonyl (C=O) groups is 2. The Bertz CT molecular complexity index is 692. The van der Waals surface area contributed by atoms with Gasteiger partial charge in [-0.15, -0.1) is 11.3 Å². The second-order valence-corrected chi connectivity index (χ2v) is 6.95. The molecule has 0 fully saturated rings. The predicted molar refractivity (Wildman–Crippen MR) is 91.9 cm³/mol. The monoisotopic (exact) mass is 348 g/mol. The van der Waals surface area contributed by atoms with Crippen LogP contribution in [0.2, 0.25) is 0 Å². The van der Waals surface area contributed by atoms with Crippen LogP contribution < -0.4 is 5.32 Å². The number of carbonyl (C=O) groups excluding carboxylic acids is 2. The molecule has 1 aromatic carbocycles. The Hall–Kier alpha value is -2.41. The third-order valence-corrected chi connectivity index (χ3v) is 3.53. The molecule has 1 N–H and O–H groups in total. The van der Waals surface area contributed by atoms with Crippen LogP contribution in [0.25, 0.3) is 0 Å². The maximum absolute atomic E-state index is 11.8. The molecule has 0 saturated heterocycles. The second kappa shape index (κ2) is 7.92. The second-order valence-electron chi connectivity index (χ2n) is 6.09. The van der Waals surface area contributed by atoms with Crippen molar-refractivity contribution in [3.05, 3.63) is 47.0 Å². The molecule has 1 amide bonds. The Labute approximate surface area is 144 Å². The van der Waals surface area contributed by atoms with Crippen LogP contribution in [0.5, 0.6) is 0 Å². The van der Waals surface area contributed by atoms with Crippen molar-refractivity contribution < 1.29 is 19.1 Å². The lowest BCUT2D eigenvalue weighted by molar-refractivity contribution is -0.144. The molecule has 1 aromatic heterocycles. The summed E-state index contributed by atoms with van der Waals surface area (Å²) in [6, 6.07) is 9.45. The molecule has 0 bridgehead atoms. The molecule has 0 unspecified atom stereocenters. The summed E-state index contributed by atoms with van der Waals surface area (Å²) in [4.78, 5) is 27.7. The van der Waals surface area contributed by atoms with Crippen LogP contribution in [0.15, 0.2) is 35.7 Å². The van der Waals surface area contributed by atoms with E-state index in [-0.39, 0.29) is 19.0 Å². The van der Waals surface area contributed by atoms with Crippen molar-refractivity contribution in [1.82, 2.24) is 4.98 Å². The van der Waals surface area contributed by atoms with E-state index in [9.17, 15) is 9.59 Å². The lowest BCUT2D eigenvalue weighted by Crippen LogP contribution is -2.27. The summed E-state index contributed by atoms with van der Waals surface area (Å²) in [5.74, 6) is -0.368. The molecule has 128 valence electrons. The fourth-order valence-electron chi connectivity index (χ4n) is 1.77. The van der Waals surface area contributed by atoms with Crippen LogP contribution in [0.1, 0.15) is 32.0 Å². The van der Waals surface area contributed by atoms with E-state index in [1.165, 1.54) is 11.3 Å². The maximum Gasteiger partial charge on any atom is 0.413 e. The van der Waals surface area contributed by atoms with E-state index in [2.05, 4.69) is 10.3 Å². The molecule has 7 heteroatoms. The minimum atomic E-state index is -0.578. The van der Waals surface area contributed by atoms with Gasteiger partial charge in [-0.3, -0.25) is 10.1 Å². The van der Waals surface area contributed by atoms with E-state index in [0.717, 1.165) is 5.56 Å². The van der Waals surface area contributed by atoms with Crippen LogP contribution in [0.3, 0.4) is 0 Å². The molecular formula is C17H20N2O4S. The topological polar surface area (TPSA) is 77.5 Å². The largest absolute Gasteiger partial charge is 0.461 e. The number of nitrogens with zero attached hydrogens (tertiary/aromatic N) is 1. The van der Waals surface area contributed by atoms with E-state index in [4.69, 9.17) is 9.47 Å². The van der Waals surface area contributed by atoms with Crippen molar-refractivity contribution >= 4 is 28.5 Å². The van der Waals surface area contributed by atoms with E-state index in [0.29, 0.717) is 10.8 Å². The van der Waals surface area contributed by atoms with Gasteiger partial charge in [0.05, 0.1) is 12.1 Å². The molecule has 0 spiro atoms. The highest BCUT2D eigenvalue weighted by atomic mass is 32.1. The van der Waals surface area contributed by atoms with Gasteiger partial charge in [0.2, 0.25) is 0 Å². The molecule has 0 radical (unpaired) electrons. The number of esters is 1. The number of anilines is 1. The SMILES string of the molecule is CC(C)(C)OC(=O)Nc1nc(CC(=O)OCc2ccccc2)cs1. The fourth-order valence-corrected chi connectivity index (χ4v) is 2.47. The van der Waals surface area contributed by atoms with Gasteiger partial charge < -0.3 is 9.47 Å².